The highest BCUT2D eigenvalue weighted by atomic mass is 16.7. The van der Waals surface area contributed by atoms with E-state index in [4.69, 9.17) is 0 Å². The minimum absolute atomic E-state index is 0.333. The first-order chi connectivity index (χ1) is 7.91. The third-order valence-electron chi connectivity index (χ3n) is 1.71. The molecule has 0 aliphatic rings. The molecular weight excluding hydrogens is 244 g/mol. The number of aromatic nitrogens is 4. The fourth-order valence-electron chi connectivity index (χ4n) is 0.828. The lowest BCUT2D eigenvalue weighted by Crippen LogP contribution is -2.58. The molecule has 1 aromatic heterocycles. The predicted octanol–water partition coefficient (Wildman–Crippen LogP) is -1.90. The zero-order chi connectivity index (χ0) is 13.1. The van der Waals surface area contributed by atoms with E-state index in [1.165, 1.54) is 0 Å². The Morgan fingerprint density at radius 3 is 2.06 bits per heavy atom. The topological polar surface area (TPSA) is 196 Å². The van der Waals surface area contributed by atoms with Gasteiger partial charge in [-0.3, -0.25) is 30.3 Å². The van der Waals surface area contributed by atoms with E-state index < -0.39 is 27.1 Å². The van der Waals surface area contributed by atoms with E-state index in [1.54, 1.807) is 0 Å². The molecule has 14 nitrogen and oxygen atoms in total. The number of tetrazole rings is 1. The average Bonchev–Trinajstić information content (AvgIpc) is 2.69. The van der Waals surface area contributed by atoms with Gasteiger partial charge in [-0.25, -0.2) is 0 Å². The Kier molecular flexibility index (Phi) is 3.06. The number of nitrogens with one attached hydrogen (secondary N) is 2. The van der Waals surface area contributed by atoms with Crippen molar-refractivity contribution in [3.8, 4) is 0 Å². The van der Waals surface area contributed by atoms with E-state index in [9.17, 15) is 30.3 Å². The van der Waals surface area contributed by atoms with Gasteiger partial charge in [-0.05, 0) is 5.21 Å². The van der Waals surface area contributed by atoms with Crippen LogP contribution in [0.25, 0.3) is 0 Å². The smallest absolute Gasteiger partial charge is 0.331 e. The molecule has 17 heavy (non-hydrogen) atoms. The minimum Gasteiger partial charge on any atom is -0.331 e. The van der Waals surface area contributed by atoms with Crippen LogP contribution in [0.4, 0.5) is 5.95 Å². The van der Waals surface area contributed by atoms with Gasteiger partial charge >= 0.3 is 5.79 Å². The van der Waals surface area contributed by atoms with Crippen molar-refractivity contribution in [2.24, 2.45) is 0 Å². The number of hydrogen-bond donors (Lipinski definition) is 2. The van der Waals surface area contributed by atoms with Gasteiger partial charge in [-0.15, -0.1) is 5.10 Å². The van der Waals surface area contributed by atoms with Crippen LogP contribution in [0.2, 0.25) is 0 Å². The zero-order valence-corrected chi connectivity index (χ0v) is 7.84. The van der Waals surface area contributed by atoms with Gasteiger partial charge in [0.1, 0.15) is 0 Å². The second kappa shape index (κ2) is 4.29. The monoisotopic (exact) mass is 248 g/mol. The SMILES string of the molecule is O=[N+]([O-])C(CNc1nn[nH]n1)([N+](=O)[O-])[N+](=O)[O-]. The van der Waals surface area contributed by atoms with Crippen LogP contribution in [0.5, 0.6) is 0 Å². The molecule has 0 saturated heterocycles. The van der Waals surface area contributed by atoms with Crippen LogP contribution < -0.4 is 5.32 Å². The lowest BCUT2D eigenvalue weighted by molar-refractivity contribution is -0.965. The van der Waals surface area contributed by atoms with Gasteiger partial charge in [-0.2, -0.15) is 5.21 Å². The molecule has 0 bridgehead atoms. The van der Waals surface area contributed by atoms with E-state index in [0.717, 1.165) is 0 Å². The third-order valence-corrected chi connectivity index (χ3v) is 1.71. The van der Waals surface area contributed by atoms with Gasteiger partial charge in [-0.1, -0.05) is 5.10 Å². The summed E-state index contributed by atoms with van der Waals surface area (Å²) in [7, 11) is 0. The summed E-state index contributed by atoms with van der Waals surface area (Å²) in [6.07, 6.45) is 0. The van der Waals surface area contributed by atoms with Crippen LogP contribution in [0.1, 0.15) is 0 Å². The normalized spacial score (nSPS) is 10.8. The summed E-state index contributed by atoms with van der Waals surface area (Å²) in [6.45, 7) is -1.22. The van der Waals surface area contributed by atoms with E-state index in [1.807, 2.05) is 10.5 Å². The second-order valence-electron chi connectivity index (χ2n) is 2.63. The highest BCUT2D eigenvalue weighted by Crippen LogP contribution is 2.12. The van der Waals surface area contributed by atoms with Gasteiger partial charge in [0.15, 0.2) is 14.8 Å². The molecular formula is C3H4N8O6. The molecule has 92 valence electrons. The first-order valence-corrected chi connectivity index (χ1v) is 3.82. The van der Waals surface area contributed by atoms with Crippen molar-refractivity contribution in [2.45, 2.75) is 5.79 Å². The van der Waals surface area contributed by atoms with Crippen molar-refractivity contribution < 1.29 is 14.8 Å². The van der Waals surface area contributed by atoms with Crippen LogP contribution in [-0.4, -0.2) is 47.7 Å². The number of rotatable bonds is 6. The van der Waals surface area contributed by atoms with Crippen molar-refractivity contribution in [1.29, 1.82) is 0 Å². The summed E-state index contributed by atoms with van der Waals surface area (Å²) >= 11 is 0. The highest BCUT2D eigenvalue weighted by molar-refractivity contribution is 5.18. The molecule has 0 aliphatic heterocycles. The van der Waals surface area contributed by atoms with Crippen molar-refractivity contribution in [3.63, 3.8) is 0 Å². The Labute approximate surface area is 90.4 Å². The van der Waals surface area contributed by atoms with Crippen LogP contribution >= 0.6 is 0 Å². The standard InChI is InChI=1S/C3H4N8O6/c12-9(13)3(10(14)15,11(16)17)1-4-2-5-7-8-6-2/h1H2,(H2,4,5,6,7,8). The number of hydrogen-bond acceptors (Lipinski definition) is 10. The van der Waals surface area contributed by atoms with Gasteiger partial charge < -0.3 is 5.32 Å². The molecule has 0 saturated carbocycles. The van der Waals surface area contributed by atoms with Crippen LogP contribution in [-0.2, 0) is 0 Å². The lowest BCUT2D eigenvalue weighted by Gasteiger charge is -2.08. The zero-order valence-electron chi connectivity index (χ0n) is 7.84. The third kappa shape index (κ3) is 2.03. The first kappa shape index (κ1) is 12.1. The second-order valence-corrected chi connectivity index (χ2v) is 2.63. The molecule has 0 unspecified atom stereocenters. The molecule has 0 radical (unpaired) electrons. The minimum atomic E-state index is -3.60. The Bertz CT molecular complexity index is 404. The fraction of sp³-hybridized carbons (Fsp3) is 0.667. The van der Waals surface area contributed by atoms with Gasteiger partial charge in [0, 0.05) is 0 Å². The number of aromatic amines is 1. The van der Waals surface area contributed by atoms with Crippen LogP contribution in [0.15, 0.2) is 0 Å². The molecule has 2 N–H and O–H groups in total. The number of anilines is 1. The Morgan fingerprint density at radius 1 is 1.18 bits per heavy atom. The molecule has 0 spiro atoms. The molecule has 0 aliphatic carbocycles. The van der Waals surface area contributed by atoms with Crippen LogP contribution in [0, 0.1) is 30.3 Å². The van der Waals surface area contributed by atoms with Crippen molar-refractivity contribution in [3.05, 3.63) is 30.3 Å². The van der Waals surface area contributed by atoms with E-state index in [0.29, 0.717) is 0 Å². The summed E-state index contributed by atoms with van der Waals surface area (Å²) in [5, 5.41) is 45.0. The van der Waals surface area contributed by atoms with E-state index in [2.05, 4.69) is 15.4 Å². The van der Waals surface area contributed by atoms with E-state index >= 15 is 0 Å². The largest absolute Gasteiger partial charge is 0.717 e. The maximum absolute atomic E-state index is 10.5. The van der Waals surface area contributed by atoms with Crippen molar-refractivity contribution in [2.75, 3.05) is 11.9 Å². The molecule has 14 heteroatoms. The molecule has 1 aromatic rings. The summed E-state index contributed by atoms with van der Waals surface area (Å²) in [6, 6.07) is 0. The maximum atomic E-state index is 10.5. The summed E-state index contributed by atoms with van der Waals surface area (Å²) in [5.74, 6) is -3.93. The fourth-order valence-corrected chi connectivity index (χ4v) is 0.828. The quantitative estimate of drug-likeness (QED) is 0.325. The molecule has 1 rings (SSSR count). The van der Waals surface area contributed by atoms with Crippen LogP contribution in [0.3, 0.4) is 0 Å². The number of nitro groups is 3. The number of H-pyrrole nitrogens is 1. The predicted molar refractivity (Wildman–Crippen MR) is 46.4 cm³/mol. The summed E-state index contributed by atoms with van der Waals surface area (Å²) < 4.78 is 0. The number of nitrogens with zero attached hydrogens (tertiary/aromatic N) is 6. The van der Waals surface area contributed by atoms with Gasteiger partial charge in [0.25, 0.3) is 5.95 Å². The first-order valence-electron chi connectivity index (χ1n) is 3.82. The summed E-state index contributed by atoms with van der Waals surface area (Å²) in [4.78, 5) is 26.6. The van der Waals surface area contributed by atoms with E-state index in [-0.39, 0.29) is 5.95 Å². The maximum Gasteiger partial charge on any atom is 0.717 e. The molecule has 0 amide bonds. The molecule has 0 atom stereocenters. The average molecular weight is 248 g/mol. The highest BCUT2D eigenvalue weighted by Gasteiger charge is 2.70. The van der Waals surface area contributed by atoms with Crippen molar-refractivity contribution in [1.82, 2.24) is 20.6 Å². The summed E-state index contributed by atoms with van der Waals surface area (Å²) in [5.41, 5.74) is 0. The Hall–Kier alpha value is -2.93. The molecule has 0 aromatic carbocycles. The molecule has 1 heterocycles. The molecule has 0 fully saturated rings. The lowest BCUT2D eigenvalue weighted by atomic mass is 10.4. The Balaban J connectivity index is 2.95. The van der Waals surface area contributed by atoms with Gasteiger partial charge in [0.05, 0.1) is 0 Å². The van der Waals surface area contributed by atoms with Gasteiger partial charge in [0.2, 0.25) is 6.54 Å². The van der Waals surface area contributed by atoms with Crippen molar-refractivity contribution >= 4 is 5.95 Å². The Morgan fingerprint density at radius 2 is 1.71 bits per heavy atom.